The molecule has 5 saturated carbocycles. The number of rotatable bonds is 4. The maximum atomic E-state index is 12.6. The van der Waals surface area contributed by atoms with E-state index >= 15 is 0 Å². The molecule has 23 heavy (non-hydrogen) atoms. The van der Waals surface area contributed by atoms with Crippen molar-refractivity contribution in [2.75, 3.05) is 6.54 Å². The van der Waals surface area contributed by atoms with E-state index in [9.17, 15) is 4.79 Å². The van der Waals surface area contributed by atoms with E-state index in [1.807, 2.05) is 0 Å². The minimum atomic E-state index is 0.116. The minimum absolute atomic E-state index is 0.116. The molecule has 130 valence electrons. The Hall–Kier alpha value is -0.730. The average molecular weight is 319 g/mol. The maximum Gasteiger partial charge on any atom is 0.315 e. The first-order chi connectivity index (χ1) is 11.1. The quantitative estimate of drug-likeness (QED) is 0.780. The standard InChI is InChI=1S/C20H34N2O/c1-2-19(6-4-3-5-7-19)14-21-18(23)22-20-11-15-8-16(12-20)10-17(9-15)13-20/h15-17H,2-14H2,1H3,(H2,21,22,23). The molecule has 0 radical (unpaired) electrons. The lowest BCUT2D eigenvalue weighted by atomic mass is 9.53. The van der Waals surface area contributed by atoms with Gasteiger partial charge in [0.15, 0.2) is 0 Å². The summed E-state index contributed by atoms with van der Waals surface area (Å²) in [4.78, 5) is 12.6. The third kappa shape index (κ3) is 3.13. The van der Waals surface area contributed by atoms with Crippen LogP contribution in [0.25, 0.3) is 0 Å². The third-order valence-electron chi connectivity index (χ3n) is 7.71. The van der Waals surface area contributed by atoms with Crippen molar-refractivity contribution in [1.29, 1.82) is 0 Å². The van der Waals surface area contributed by atoms with Crippen molar-refractivity contribution in [3.05, 3.63) is 0 Å². The molecule has 2 amide bonds. The first-order valence-corrected chi connectivity index (χ1v) is 10.2. The molecule has 0 saturated heterocycles. The number of urea groups is 1. The van der Waals surface area contributed by atoms with Gasteiger partial charge in [-0.05, 0) is 81.0 Å². The van der Waals surface area contributed by atoms with Gasteiger partial charge >= 0.3 is 6.03 Å². The zero-order valence-corrected chi connectivity index (χ0v) is 14.8. The highest BCUT2D eigenvalue weighted by atomic mass is 16.2. The van der Waals surface area contributed by atoms with Crippen molar-refractivity contribution in [2.45, 2.75) is 89.5 Å². The zero-order valence-electron chi connectivity index (χ0n) is 14.8. The predicted octanol–water partition coefficient (Wildman–Crippen LogP) is 4.61. The van der Waals surface area contributed by atoms with Crippen LogP contribution in [0.2, 0.25) is 0 Å². The van der Waals surface area contributed by atoms with Gasteiger partial charge in [-0.25, -0.2) is 4.79 Å². The summed E-state index contributed by atoms with van der Waals surface area (Å²) in [5.41, 5.74) is 0.516. The fourth-order valence-electron chi connectivity index (χ4n) is 6.77. The molecule has 0 aliphatic heterocycles. The van der Waals surface area contributed by atoms with Crippen molar-refractivity contribution in [3.63, 3.8) is 0 Å². The van der Waals surface area contributed by atoms with Crippen LogP contribution in [-0.2, 0) is 0 Å². The molecule has 5 aliphatic rings. The van der Waals surface area contributed by atoms with Crippen LogP contribution in [0.1, 0.15) is 84.0 Å². The lowest BCUT2D eigenvalue weighted by Gasteiger charge is -2.56. The van der Waals surface area contributed by atoms with Crippen LogP contribution >= 0.6 is 0 Å². The monoisotopic (exact) mass is 318 g/mol. The third-order valence-corrected chi connectivity index (χ3v) is 7.71. The fraction of sp³-hybridized carbons (Fsp3) is 0.950. The Bertz CT molecular complexity index is 417. The number of carbonyl (C=O) groups is 1. The van der Waals surface area contributed by atoms with E-state index in [0.717, 1.165) is 24.3 Å². The zero-order chi connectivity index (χ0) is 15.9. The van der Waals surface area contributed by atoms with Crippen LogP contribution in [0.4, 0.5) is 4.79 Å². The van der Waals surface area contributed by atoms with Gasteiger partial charge in [-0.1, -0.05) is 26.2 Å². The van der Waals surface area contributed by atoms with Gasteiger partial charge in [0.2, 0.25) is 0 Å². The van der Waals surface area contributed by atoms with E-state index in [-0.39, 0.29) is 11.6 Å². The van der Waals surface area contributed by atoms with Gasteiger partial charge in [-0.2, -0.15) is 0 Å². The molecular weight excluding hydrogens is 284 g/mol. The largest absolute Gasteiger partial charge is 0.338 e. The van der Waals surface area contributed by atoms with Crippen molar-refractivity contribution in [1.82, 2.24) is 10.6 Å². The van der Waals surface area contributed by atoms with Crippen LogP contribution in [0.15, 0.2) is 0 Å². The number of hydrogen-bond donors (Lipinski definition) is 2. The van der Waals surface area contributed by atoms with Crippen molar-refractivity contribution in [3.8, 4) is 0 Å². The van der Waals surface area contributed by atoms with E-state index in [1.165, 1.54) is 77.0 Å². The molecule has 0 aromatic heterocycles. The highest BCUT2D eigenvalue weighted by molar-refractivity contribution is 5.75. The Kier molecular flexibility index (Phi) is 4.09. The maximum absolute atomic E-state index is 12.6. The summed E-state index contributed by atoms with van der Waals surface area (Å²) in [7, 11) is 0. The molecule has 4 bridgehead atoms. The first-order valence-electron chi connectivity index (χ1n) is 10.2. The number of hydrogen-bond acceptors (Lipinski definition) is 1. The van der Waals surface area contributed by atoms with Crippen LogP contribution in [0, 0.1) is 23.2 Å². The van der Waals surface area contributed by atoms with Crippen molar-refractivity contribution < 1.29 is 4.79 Å². The molecular formula is C20H34N2O. The summed E-state index contributed by atoms with van der Waals surface area (Å²) in [5, 5.41) is 6.72. The second-order valence-electron chi connectivity index (χ2n) is 9.42. The van der Waals surface area contributed by atoms with Gasteiger partial charge in [0.05, 0.1) is 0 Å². The molecule has 0 aromatic carbocycles. The Morgan fingerprint density at radius 1 is 0.957 bits per heavy atom. The fourth-order valence-corrected chi connectivity index (χ4v) is 6.77. The summed E-state index contributed by atoms with van der Waals surface area (Å²) in [6, 6.07) is 0.116. The second-order valence-corrected chi connectivity index (χ2v) is 9.42. The molecule has 5 rings (SSSR count). The van der Waals surface area contributed by atoms with Gasteiger partial charge in [-0.3, -0.25) is 0 Å². The van der Waals surface area contributed by atoms with Crippen LogP contribution < -0.4 is 10.6 Å². The molecule has 3 heteroatoms. The highest BCUT2D eigenvalue weighted by Crippen LogP contribution is 2.55. The normalized spacial score (nSPS) is 40.8. The van der Waals surface area contributed by atoms with E-state index < -0.39 is 0 Å². The lowest BCUT2D eigenvalue weighted by molar-refractivity contribution is -0.0137. The van der Waals surface area contributed by atoms with Crippen molar-refractivity contribution >= 4 is 6.03 Å². The Balaban J connectivity index is 1.33. The first kappa shape index (κ1) is 15.8. The lowest BCUT2D eigenvalue weighted by Crippen LogP contribution is -2.61. The molecule has 0 spiro atoms. The second kappa shape index (κ2) is 5.97. The average Bonchev–Trinajstić information content (AvgIpc) is 2.52. The van der Waals surface area contributed by atoms with Gasteiger partial charge in [0.1, 0.15) is 0 Å². The van der Waals surface area contributed by atoms with E-state index in [4.69, 9.17) is 0 Å². The molecule has 3 nitrogen and oxygen atoms in total. The number of amides is 2. The van der Waals surface area contributed by atoms with Gasteiger partial charge in [0, 0.05) is 12.1 Å². The molecule has 5 aliphatic carbocycles. The molecule has 0 aromatic rings. The van der Waals surface area contributed by atoms with Crippen LogP contribution in [0.3, 0.4) is 0 Å². The number of nitrogens with one attached hydrogen (secondary N) is 2. The predicted molar refractivity (Wildman–Crippen MR) is 93.2 cm³/mol. The summed E-state index contributed by atoms with van der Waals surface area (Å²) in [6.45, 7) is 3.17. The topological polar surface area (TPSA) is 41.1 Å². The van der Waals surface area contributed by atoms with E-state index in [0.29, 0.717) is 5.41 Å². The Morgan fingerprint density at radius 2 is 1.52 bits per heavy atom. The molecule has 0 unspecified atom stereocenters. The minimum Gasteiger partial charge on any atom is -0.338 e. The molecule has 0 heterocycles. The molecule has 0 atom stereocenters. The summed E-state index contributed by atoms with van der Waals surface area (Å²) >= 11 is 0. The van der Waals surface area contributed by atoms with Crippen molar-refractivity contribution in [2.24, 2.45) is 23.2 Å². The number of carbonyl (C=O) groups excluding carboxylic acids is 1. The smallest absolute Gasteiger partial charge is 0.315 e. The Morgan fingerprint density at radius 3 is 2.04 bits per heavy atom. The van der Waals surface area contributed by atoms with E-state index in [2.05, 4.69) is 17.6 Å². The highest BCUT2D eigenvalue weighted by Gasteiger charge is 2.51. The van der Waals surface area contributed by atoms with Gasteiger partial charge in [-0.15, -0.1) is 0 Å². The van der Waals surface area contributed by atoms with Gasteiger partial charge < -0.3 is 10.6 Å². The molecule has 5 fully saturated rings. The summed E-state index contributed by atoms with van der Waals surface area (Å²) in [6.07, 6.45) is 15.9. The SMILES string of the molecule is CCC1(CNC(=O)NC23CC4CC(CC(C4)C2)C3)CCCCC1. The van der Waals surface area contributed by atoms with Crippen LogP contribution in [0.5, 0.6) is 0 Å². The van der Waals surface area contributed by atoms with E-state index in [1.54, 1.807) is 0 Å². The summed E-state index contributed by atoms with van der Waals surface area (Å²) in [5.74, 6) is 2.67. The molecule has 2 N–H and O–H groups in total. The van der Waals surface area contributed by atoms with Gasteiger partial charge in [0.25, 0.3) is 0 Å². The Labute approximate surface area is 141 Å². The summed E-state index contributed by atoms with van der Waals surface area (Å²) < 4.78 is 0. The van der Waals surface area contributed by atoms with Crippen LogP contribution in [-0.4, -0.2) is 18.1 Å².